The maximum Gasteiger partial charge on any atom is 0.260 e. The second-order valence-electron chi connectivity index (χ2n) is 3.04. The minimum absolute atomic E-state index is 0.115. The fourth-order valence-electron chi connectivity index (χ4n) is 0.696. The number of nitrogens with one attached hydrogen (secondary N) is 1. The largest absolute Gasteiger partial charge is 0.365 e. The van der Waals surface area contributed by atoms with Gasteiger partial charge in [0.15, 0.2) is 5.13 Å². The number of aromatic nitrogens is 1. The van der Waals surface area contributed by atoms with Gasteiger partial charge in [0, 0.05) is 5.92 Å². The number of carbonyl (C=O) groups is 2. The van der Waals surface area contributed by atoms with Crippen molar-refractivity contribution >= 4 is 28.3 Å². The fourth-order valence-corrected chi connectivity index (χ4v) is 1.37. The van der Waals surface area contributed by atoms with Crippen LogP contribution in [-0.2, 0) is 4.79 Å². The van der Waals surface area contributed by atoms with E-state index in [4.69, 9.17) is 5.73 Å². The topological polar surface area (TPSA) is 85.1 Å². The molecule has 0 fully saturated rings. The van der Waals surface area contributed by atoms with Crippen molar-refractivity contribution in [1.82, 2.24) is 4.98 Å². The Hall–Kier alpha value is -1.43. The summed E-state index contributed by atoms with van der Waals surface area (Å²) in [4.78, 5) is 26.1. The SMILES string of the molecule is CC(C)C(=O)Nc1ncc(C(N)=O)s1. The molecule has 1 aromatic rings. The van der Waals surface area contributed by atoms with Gasteiger partial charge in [0.1, 0.15) is 4.88 Å². The van der Waals surface area contributed by atoms with Gasteiger partial charge in [-0.3, -0.25) is 9.59 Å². The first-order valence-corrected chi connectivity index (χ1v) is 4.89. The maximum atomic E-state index is 11.2. The molecule has 0 atom stereocenters. The molecule has 0 aliphatic heterocycles. The van der Waals surface area contributed by atoms with Crippen LogP contribution in [0.3, 0.4) is 0 Å². The van der Waals surface area contributed by atoms with Crippen LogP contribution in [0.2, 0.25) is 0 Å². The Balaban J connectivity index is 2.69. The first kappa shape index (κ1) is 10.6. The molecule has 76 valence electrons. The van der Waals surface area contributed by atoms with Gasteiger partial charge in [-0.2, -0.15) is 0 Å². The zero-order chi connectivity index (χ0) is 10.7. The third-order valence-corrected chi connectivity index (χ3v) is 2.43. The zero-order valence-corrected chi connectivity index (χ0v) is 8.72. The Morgan fingerprint density at radius 2 is 2.21 bits per heavy atom. The summed E-state index contributed by atoms with van der Waals surface area (Å²) in [6.07, 6.45) is 1.35. The molecular weight excluding hydrogens is 202 g/mol. The van der Waals surface area contributed by atoms with E-state index in [1.165, 1.54) is 6.20 Å². The molecule has 0 unspecified atom stereocenters. The predicted molar refractivity (Wildman–Crippen MR) is 54.1 cm³/mol. The number of hydrogen-bond acceptors (Lipinski definition) is 4. The van der Waals surface area contributed by atoms with Gasteiger partial charge in [0.2, 0.25) is 5.91 Å². The Bertz CT molecular complexity index is 359. The van der Waals surface area contributed by atoms with Crippen LogP contribution in [-0.4, -0.2) is 16.8 Å². The number of thiazole rings is 1. The Morgan fingerprint density at radius 1 is 1.57 bits per heavy atom. The molecule has 0 saturated carbocycles. The lowest BCUT2D eigenvalue weighted by atomic mass is 10.2. The van der Waals surface area contributed by atoms with Crippen LogP contribution >= 0.6 is 11.3 Å². The van der Waals surface area contributed by atoms with Gasteiger partial charge in [0.05, 0.1) is 6.20 Å². The van der Waals surface area contributed by atoms with E-state index in [-0.39, 0.29) is 11.8 Å². The van der Waals surface area contributed by atoms with Gasteiger partial charge in [-0.05, 0) is 0 Å². The van der Waals surface area contributed by atoms with Crippen molar-refractivity contribution in [1.29, 1.82) is 0 Å². The van der Waals surface area contributed by atoms with Crippen LogP contribution in [0.15, 0.2) is 6.20 Å². The second kappa shape index (κ2) is 4.19. The monoisotopic (exact) mass is 213 g/mol. The Labute approximate surface area is 85.3 Å². The highest BCUT2D eigenvalue weighted by Crippen LogP contribution is 2.17. The number of nitrogens with zero attached hydrogens (tertiary/aromatic N) is 1. The molecule has 2 amide bonds. The van der Waals surface area contributed by atoms with E-state index >= 15 is 0 Å². The van der Waals surface area contributed by atoms with Gasteiger partial charge < -0.3 is 11.1 Å². The van der Waals surface area contributed by atoms with Crippen molar-refractivity contribution in [2.24, 2.45) is 11.7 Å². The molecule has 5 nitrogen and oxygen atoms in total. The highest BCUT2D eigenvalue weighted by Gasteiger charge is 2.11. The van der Waals surface area contributed by atoms with Crippen LogP contribution in [0, 0.1) is 5.92 Å². The van der Waals surface area contributed by atoms with Crippen LogP contribution < -0.4 is 11.1 Å². The summed E-state index contributed by atoms with van der Waals surface area (Å²) in [6.45, 7) is 3.55. The average Bonchev–Trinajstić information content (AvgIpc) is 2.52. The van der Waals surface area contributed by atoms with Crippen molar-refractivity contribution < 1.29 is 9.59 Å². The van der Waals surface area contributed by atoms with E-state index in [1.807, 2.05) is 0 Å². The van der Waals surface area contributed by atoms with Gasteiger partial charge in [-0.15, -0.1) is 0 Å². The van der Waals surface area contributed by atoms with Gasteiger partial charge in [-0.25, -0.2) is 4.98 Å². The summed E-state index contributed by atoms with van der Waals surface area (Å²) in [7, 11) is 0. The number of rotatable bonds is 3. The first-order chi connectivity index (χ1) is 6.50. The molecule has 0 spiro atoms. The highest BCUT2D eigenvalue weighted by molar-refractivity contribution is 7.17. The van der Waals surface area contributed by atoms with E-state index in [9.17, 15) is 9.59 Å². The molecule has 0 aliphatic carbocycles. The van der Waals surface area contributed by atoms with Gasteiger partial charge in [0.25, 0.3) is 5.91 Å². The van der Waals surface area contributed by atoms with Crippen LogP contribution in [0.5, 0.6) is 0 Å². The van der Waals surface area contributed by atoms with Crippen LogP contribution in [0.1, 0.15) is 23.5 Å². The van der Waals surface area contributed by atoms with Crippen LogP contribution in [0.4, 0.5) is 5.13 Å². The summed E-state index contributed by atoms with van der Waals surface area (Å²) in [6, 6.07) is 0. The number of carbonyl (C=O) groups excluding carboxylic acids is 2. The number of hydrogen-bond donors (Lipinski definition) is 2. The predicted octanol–water partition coefficient (Wildman–Crippen LogP) is 0.837. The fraction of sp³-hybridized carbons (Fsp3) is 0.375. The lowest BCUT2D eigenvalue weighted by molar-refractivity contribution is -0.118. The lowest BCUT2D eigenvalue weighted by Crippen LogP contribution is -2.17. The van der Waals surface area contributed by atoms with E-state index in [2.05, 4.69) is 10.3 Å². The molecular formula is C8H11N3O2S. The molecule has 1 rings (SSSR count). The van der Waals surface area contributed by atoms with E-state index < -0.39 is 5.91 Å². The summed E-state index contributed by atoms with van der Waals surface area (Å²) >= 11 is 1.07. The summed E-state index contributed by atoms with van der Waals surface area (Å²) in [5.41, 5.74) is 5.04. The van der Waals surface area contributed by atoms with Crippen molar-refractivity contribution in [2.45, 2.75) is 13.8 Å². The van der Waals surface area contributed by atoms with Gasteiger partial charge in [-0.1, -0.05) is 25.2 Å². The second-order valence-corrected chi connectivity index (χ2v) is 4.07. The number of anilines is 1. The molecule has 3 N–H and O–H groups in total. The number of amides is 2. The maximum absolute atomic E-state index is 11.2. The molecule has 6 heteroatoms. The molecule has 0 radical (unpaired) electrons. The molecule has 0 bridgehead atoms. The average molecular weight is 213 g/mol. The standard InChI is InChI=1S/C8H11N3O2S/c1-4(2)7(13)11-8-10-3-5(14-8)6(9)12/h3-4H,1-2H3,(H2,9,12)(H,10,11,13). The van der Waals surface area contributed by atoms with E-state index in [0.717, 1.165) is 11.3 Å². The third-order valence-electron chi connectivity index (χ3n) is 1.50. The Morgan fingerprint density at radius 3 is 2.64 bits per heavy atom. The quantitative estimate of drug-likeness (QED) is 0.780. The molecule has 1 heterocycles. The molecule has 0 aromatic carbocycles. The van der Waals surface area contributed by atoms with Crippen molar-refractivity contribution in [3.63, 3.8) is 0 Å². The normalized spacial score (nSPS) is 10.2. The molecule has 14 heavy (non-hydrogen) atoms. The van der Waals surface area contributed by atoms with E-state index in [1.54, 1.807) is 13.8 Å². The van der Waals surface area contributed by atoms with Crippen LogP contribution in [0.25, 0.3) is 0 Å². The highest BCUT2D eigenvalue weighted by atomic mass is 32.1. The molecule has 0 aliphatic rings. The zero-order valence-electron chi connectivity index (χ0n) is 7.90. The third kappa shape index (κ3) is 2.53. The first-order valence-electron chi connectivity index (χ1n) is 4.07. The summed E-state index contributed by atoms with van der Waals surface area (Å²) in [5, 5.41) is 2.98. The van der Waals surface area contributed by atoms with Crippen molar-refractivity contribution in [3.05, 3.63) is 11.1 Å². The summed E-state index contributed by atoms with van der Waals surface area (Å²) < 4.78 is 0. The van der Waals surface area contributed by atoms with E-state index in [0.29, 0.717) is 10.0 Å². The minimum atomic E-state index is -0.535. The molecule has 0 saturated heterocycles. The number of primary amides is 1. The van der Waals surface area contributed by atoms with Gasteiger partial charge >= 0.3 is 0 Å². The number of nitrogens with two attached hydrogens (primary N) is 1. The molecule has 1 aromatic heterocycles. The van der Waals surface area contributed by atoms with Crippen molar-refractivity contribution in [2.75, 3.05) is 5.32 Å². The smallest absolute Gasteiger partial charge is 0.260 e. The van der Waals surface area contributed by atoms with Crippen molar-refractivity contribution in [3.8, 4) is 0 Å². The lowest BCUT2D eigenvalue weighted by Gasteiger charge is -2.02. The summed E-state index contributed by atoms with van der Waals surface area (Å²) in [5.74, 6) is -0.779. The minimum Gasteiger partial charge on any atom is -0.365 e. The Kier molecular flexibility index (Phi) is 3.19.